The third-order valence-corrected chi connectivity index (χ3v) is 3.68. The zero-order valence-corrected chi connectivity index (χ0v) is 13.2. The second-order valence-corrected chi connectivity index (χ2v) is 5.29. The van der Waals surface area contributed by atoms with Crippen LogP contribution in [0, 0.1) is 5.82 Å². The average Bonchev–Trinajstić information content (AvgIpc) is 2.47. The van der Waals surface area contributed by atoms with Crippen LogP contribution >= 0.6 is 11.6 Å². The normalized spacial score (nSPS) is 12.2. The van der Waals surface area contributed by atoms with Gasteiger partial charge in [-0.2, -0.15) is 0 Å². The first kappa shape index (κ1) is 15.8. The summed E-state index contributed by atoms with van der Waals surface area (Å²) in [5.41, 5.74) is 2.60. The summed E-state index contributed by atoms with van der Waals surface area (Å²) >= 11 is 6.09. The van der Waals surface area contributed by atoms with Gasteiger partial charge in [0.15, 0.2) is 0 Å². The molecule has 0 aliphatic carbocycles. The Hall–Kier alpha value is -1.58. The van der Waals surface area contributed by atoms with Crippen LogP contribution in [0.4, 0.5) is 4.39 Å². The average molecular weight is 308 g/mol. The Morgan fingerprint density at radius 1 is 1.19 bits per heavy atom. The van der Waals surface area contributed by atoms with E-state index in [-0.39, 0.29) is 11.9 Å². The van der Waals surface area contributed by atoms with Gasteiger partial charge >= 0.3 is 0 Å². The third kappa shape index (κ3) is 3.55. The van der Waals surface area contributed by atoms with Crippen LogP contribution in [0.3, 0.4) is 0 Å². The summed E-state index contributed by atoms with van der Waals surface area (Å²) in [6, 6.07) is 10.3. The molecule has 4 heteroatoms. The van der Waals surface area contributed by atoms with Crippen LogP contribution in [0.1, 0.15) is 25.5 Å². The first-order valence-electron chi connectivity index (χ1n) is 6.93. The quantitative estimate of drug-likeness (QED) is 0.854. The SMILES string of the molecule is CCNC(C)c1ccc(F)cc1-c1cc(Cl)ccc1OC. The maximum absolute atomic E-state index is 13.7. The molecule has 0 amide bonds. The van der Waals surface area contributed by atoms with Gasteiger partial charge in [-0.05, 0) is 54.9 Å². The molecule has 0 aliphatic rings. The molecule has 0 fully saturated rings. The molecule has 0 radical (unpaired) electrons. The Morgan fingerprint density at radius 3 is 2.62 bits per heavy atom. The maximum Gasteiger partial charge on any atom is 0.126 e. The number of methoxy groups -OCH3 is 1. The molecule has 2 aromatic carbocycles. The second kappa shape index (κ2) is 6.92. The highest BCUT2D eigenvalue weighted by Gasteiger charge is 2.16. The number of nitrogens with one attached hydrogen (secondary N) is 1. The minimum absolute atomic E-state index is 0.106. The zero-order valence-electron chi connectivity index (χ0n) is 12.4. The Morgan fingerprint density at radius 2 is 1.95 bits per heavy atom. The van der Waals surface area contributed by atoms with Gasteiger partial charge in [-0.25, -0.2) is 4.39 Å². The summed E-state index contributed by atoms with van der Waals surface area (Å²) < 4.78 is 19.1. The predicted octanol–water partition coefficient (Wildman–Crippen LogP) is 4.83. The summed E-state index contributed by atoms with van der Waals surface area (Å²) in [6.45, 7) is 4.93. The molecule has 0 aliphatic heterocycles. The van der Waals surface area contributed by atoms with E-state index in [9.17, 15) is 4.39 Å². The van der Waals surface area contributed by atoms with Crippen molar-refractivity contribution in [3.8, 4) is 16.9 Å². The summed E-state index contributed by atoms with van der Waals surface area (Å²) in [5.74, 6) is 0.398. The fourth-order valence-corrected chi connectivity index (χ4v) is 2.62. The van der Waals surface area contributed by atoms with Gasteiger partial charge in [-0.15, -0.1) is 0 Å². The number of hydrogen-bond donors (Lipinski definition) is 1. The van der Waals surface area contributed by atoms with E-state index in [0.29, 0.717) is 10.8 Å². The van der Waals surface area contributed by atoms with Crippen LogP contribution in [0.2, 0.25) is 5.02 Å². The lowest BCUT2D eigenvalue weighted by atomic mass is 9.94. The molecular weight excluding hydrogens is 289 g/mol. The fraction of sp³-hybridized carbons (Fsp3) is 0.294. The molecule has 0 heterocycles. The van der Waals surface area contributed by atoms with Crippen LogP contribution < -0.4 is 10.1 Å². The molecule has 0 aromatic heterocycles. The zero-order chi connectivity index (χ0) is 15.4. The van der Waals surface area contributed by atoms with Crippen molar-refractivity contribution in [1.29, 1.82) is 0 Å². The van der Waals surface area contributed by atoms with E-state index in [4.69, 9.17) is 16.3 Å². The van der Waals surface area contributed by atoms with Gasteiger partial charge in [0.05, 0.1) is 7.11 Å². The summed E-state index contributed by atoms with van der Waals surface area (Å²) in [5, 5.41) is 3.94. The van der Waals surface area contributed by atoms with Crippen LogP contribution in [-0.4, -0.2) is 13.7 Å². The van der Waals surface area contributed by atoms with Crippen molar-refractivity contribution in [3.63, 3.8) is 0 Å². The number of ether oxygens (including phenoxy) is 1. The Labute approximate surface area is 129 Å². The molecule has 0 saturated carbocycles. The molecule has 1 atom stereocenters. The van der Waals surface area contributed by atoms with Crippen LogP contribution in [0.15, 0.2) is 36.4 Å². The molecule has 0 spiro atoms. The monoisotopic (exact) mass is 307 g/mol. The molecule has 21 heavy (non-hydrogen) atoms. The van der Waals surface area contributed by atoms with E-state index in [0.717, 1.165) is 23.2 Å². The molecule has 1 N–H and O–H groups in total. The van der Waals surface area contributed by atoms with Crippen molar-refractivity contribution in [2.45, 2.75) is 19.9 Å². The van der Waals surface area contributed by atoms with E-state index >= 15 is 0 Å². The minimum Gasteiger partial charge on any atom is -0.496 e. The van der Waals surface area contributed by atoms with Crippen molar-refractivity contribution in [2.75, 3.05) is 13.7 Å². The number of benzene rings is 2. The summed E-state index contributed by atoms with van der Waals surface area (Å²) in [6.07, 6.45) is 0. The fourth-order valence-electron chi connectivity index (χ4n) is 2.45. The second-order valence-electron chi connectivity index (χ2n) is 4.86. The van der Waals surface area contributed by atoms with Crippen molar-refractivity contribution in [2.24, 2.45) is 0 Å². The van der Waals surface area contributed by atoms with Gasteiger partial charge in [0.2, 0.25) is 0 Å². The van der Waals surface area contributed by atoms with Gasteiger partial charge in [0.25, 0.3) is 0 Å². The van der Waals surface area contributed by atoms with Gasteiger partial charge in [-0.1, -0.05) is 24.6 Å². The van der Waals surface area contributed by atoms with Crippen molar-refractivity contribution >= 4 is 11.6 Å². The number of hydrogen-bond acceptors (Lipinski definition) is 2. The van der Waals surface area contributed by atoms with Gasteiger partial charge < -0.3 is 10.1 Å². The lowest BCUT2D eigenvalue weighted by molar-refractivity contribution is 0.416. The molecule has 0 bridgehead atoms. The largest absolute Gasteiger partial charge is 0.496 e. The molecule has 1 unspecified atom stereocenters. The Kier molecular flexibility index (Phi) is 5.21. The van der Waals surface area contributed by atoms with E-state index in [1.54, 1.807) is 31.4 Å². The number of rotatable bonds is 5. The van der Waals surface area contributed by atoms with Gasteiger partial charge in [0, 0.05) is 16.6 Å². The maximum atomic E-state index is 13.7. The highest BCUT2D eigenvalue weighted by Crippen LogP contribution is 2.37. The van der Waals surface area contributed by atoms with Crippen LogP contribution in [0.25, 0.3) is 11.1 Å². The van der Waals surface area contributed by atoms with E-state index < -0.39 is 0 Å². The predicted molar refractivity (Wildman–Crippen MR) is 85.5 cm³/mol. The lowest BCUT2D eigenvalue weighted by Crippen LogP contribution is -2.18. The molecule has 0 saturated heterocycles. The first-order chi connectivity index (χ1) is 10.1. The molecule has 112 valence electrons. The van der Waals surface area contributed by atoms with Crippen molar-refractivity contribution in [1.82, 2.24) is 5.32 Å². The number of halogens is 2. The molecular formula is C17H19ClFNO. The van der Waals surface area contributed by atoms with Crippen molar-refractivity contribution < 1.29 is 9.13 Å². The topological polar surface area (TPSA) is 21.3 Å². The van der Waals surface area contributed by atoms with Gasteiger partial charge in [0.1, 0.15) is 11.6 Å². The van der Waals surface area contributed by atoms with E-state index in [1.807, 2.05) is 6.92 Å². The third-order valence-electron chi connectivity index (χ3n) is 3.44. The minimum atomic E-state index is -0.278. The molecule has 2 rings (SSSR count). The Balaban J connectivity index is 2.62. The lowest BCUT2D eigenvalue weighted by Gasteiger charge is -2.19. The summed E-state index contributed by atoms with van der Waals surface area (Å²) in [7, 11) is 1.60. The van der Waals surface area contributed by atoms with Gasteiger partial charge in [-0.3, -0.25) is 0 Å². The molecule has 2 nitrogen and oxygen atoms in total. The van der Waals surface area contributed by atoms with Crippen LogP contribution in [-0.2, 0) is 0 Å². The highest BCUT2D eigenvalue weighted by molar-refractivity contribution is 6.31. The standard InChI is InChI=1S/C17H19ClFNO/c1-4-20-11(2)14-7-6-13(19)10-15(14)16-9-12(18)5-8-17(16)21-3/h5-11,20H,4H2,1-3H3. The smallest absolute Gasteiger partial charge is 0.126 e. The van der Waals surface area contributed by atoms with Crippen LogP contribution in [0.5, 0.6) is 5.75 Å². The first-order valence-corrected chi connectivity index (χ1v) is 7.31. The highest BCUT2D eigenvalue weighted by atomic mass is 35.5. The van der Waals surface area contributed by atoms with E-state index in [2.05, 4.69) is 12.2 Å². The summed E-state index contributed by atoms with van der Waals surface area (Å²) in [4.78, 5) is 0. The Bertz CT molecular complexity index is 630. The van der Waals surface area contributed by atoms with E-state index in [1.165, 1.54) is 12.1 Å². The van der Waals surface area contributed by atoms with Crippen molar-refractivity contribution in [3.05, 3.63) is 52.8 Å². The molecule has 2 aromatic rings.